The maximum atomic E-state index is 5.96. The average molecular weight is 286 g/mol. The molecule has 1 aromatic rings. The molecule has 0 atom stereocenters. The molecule has 0 aromatic carbocycles. The lowest BCUT2D eigenvalue weighted by Crippen LogP contribution is -2.20. The van der Waals surface area contributed by atoms with E-state index in [1.54, 1.807) is 6.07 Å². The summed E-state index contributed by atoms with van der Waals surface area (Å²) < 4.78 is 0. The Morgan fingerprint density at radius 3 is 2.72 bits per heavy atom. The van der Waals surface area contributed by atoms with Gasteiger partial charge in [0, 0.05) is 12.6 Å². The number of halogens is 1. The van der Waals surface area contributed by atoms with Crippen LogP contribution in [0.25, 0.3) is 0 Å². The first kappa shape index (κ1) is 13.9. The van der Waals surface area contributed by atoms with Gasteiger partial charge in [0.2, 0.25) is 0 Å². The SMILES string of the molecule is CSc1nc(Cl)cc(NCC2CCC(C)CC2)n1. The third kappa shape index (κ3) is 4.02. The smallest absolute Gasteiger partial charge is 0.190 e. The summed E-state index contributed by atoms with van der Waals surface area (Å²) in [6, 6.07) is 1.80. The first-order valence-electron chi connectivity index (χ1n) is 6.50. The molecule has 0 unspecified atom stereocenters. The third-order valence-corrected chi connectivity index (χ3v) is 4.31. The van der Waals surface area contributed by atoms with E-state index < -0.39 is 0 Å². The highest BCUT2D eigenvalue weighted by Gasteiger charge is 2.18. The number of hydrogen-bond donors (Lipinski definition) is 1. The van der Waals surface area contributed by atoms with E-state index in [0.29, 0.717) is 5.15 Å². The van der Waals surface area contributed by atoms with Crippen LogP contribution in [0, 0.1) is 11.8 Å². The van der Waals surface area contributed by atoms with E-state index in [1.807, 2.05) is 6.26 Å². The summed E-state index contributed by atoms with van der Waals surface area (Å²) in [4.78, 5) is 8.54. The largest absolute Gasteiger partial charge is 0.370 e. The molecule has 1 heterocycles. The number of aromatic nitrogens is 2. The second kappa shape index (κ2) is 6.62. The highest BCUT2D eigenvalue weighted by molar-refractivity contribution is 7.98. The van der Waals surface area contributed by atoms with E-state index in [-0.39, 0.29) is 0 Å². The normalized spacial score (nSPS) is 23.9. The Hall–Kier alpha value is -0.480. The van der Waals surface area contributed by atoms with Crippen molar-refractivity contribution in [2.24, 2.45) is 11.8 Å². The number of nitrogens with zero attached hydrogens (tertiary/aromatic N) is 2. The Bertz CT molecular complexity index is 392. The Kier molecular flexibility index (Phi) is 5.13. The molecule has 1 aliphatic rings. The van der Waals surface area contributed by atoms with Crippen LogP contribution in [-0.2, 0) is 0 Å². The zero-order chi connectivity index (χ0) is 13.0. The molecular weight excluding hydrogens is 266 g/mol. The van der Waals surface area contributed by atoms with Gasteiger partial charge in [-0.05, 0) is 30.9 Å². The molecule has 1 fully saturated rings. The van der Waals surface area contributed by atoms with Crippen LogP contribution in [0.4, 0.5) is 5.82 Å². The van der Waals surface area contributed by atoms with Crippen molar-refractivity contribution < 1.29 is 0 Å². The van der Waals surface area contributed by atoms with Crippen molar-refractivity contribution in [3.05, 3.63) is 11.2 Å². The van der Waals surface area contributed by atoms with E-state index in [9.17, 15) is 0 Å². The first-order chi connectivity index (χ1) is 8.67. The predicted molar refractivity (Wildman–Crippen MR) is 78.4 cm³/mol. The average Bonchev–Trinajstić information content (AvgIpc) is 2.37. The maximum Gasteiger partial charge on any atom is 0.190 e. The number of anilines is 1. The summed E-state index contributed by atoms with van der Waals surface area (Å²) in [6.45, 7) is 3.34. The van der Waals surface area contributed by atoms with E-state index in [4.69, 9.17) is 11.6 Å². The third-order valence-electron chi connectivity index (χ3n) is 3.56. The second-order valence-electron chi connectivity index (χ2n) is 5.07. The van der Waals surface area contributed by atoms with Crippen LogP contribution < -0.4 is 5.32 Å². The number of nitrogens with one attached hydrogen (secondary N) is 1. The molecule has 1 aromatic heterocycles. The minimum absolute atomic E-state index is 0.508. The Labute approximate surface area is 118 Å². The van der Waals surface area contributed by atoms with E-state index >= 15 is 0 Å². The van der Waals surface area contributed by atoms with Gasteiger partial charge in [0.05, 0.1) is 0 Å². The Morgan fingerprint density at radius 2 is 2.06 bits per heavy atom. The molecule has 0 aliphatic heterocycles. The zero-order valence-corrected chi connectivity index (χ0v) is 12.5. The molecule has 5 heteroatoms. The zero-order valence-electron chi connectivity index (χ0n) is 10.9. The minimum atomic E-state index is 0.508. The molecule has 1 saturated carbocycles. The minimum Gasteiger partial charge on any atom is -0.370 e. The Balaban J connectivity index is 1.88. The van der Waals surface area contributed by atoms with Crippen LogP contribution in [0.5, 0.6) is 0 Å². The van der Waals surface area contributed by atoms with Crippen LogP contribution in [0.2, 0.25) is 5.15 Å². The lowest BCUT2D eigenvalue weighted by Gasteiger charge is -2.26. The second-order valence-corrected chi connectivity index (χ2v) is 6.23. The van der Waals surface area contributed by atoms with Crippen LogP contribution in [-0.4, -0.2) is 22.8 Å². The number of thioether (sulfide) groups is 1. The molecule has 3 nitrogen and oxygen atoms in total. The van der Waals surface area contributed by atoms with Gasteiger partial charge in [-0.1, -0.05) is 43.1 Å². The maximum absolute atomic E-state index is 5.96. The highest BCUT2D eigenvalue weighted by atomic mass is 35.5. The number of rotatable bonds is 4. The van der Waals surface area contributed by atoms with Crippen LogP contribution in [0.15, 0.2) is 11.2 Å². The van der Waals surface area contributed by atoms with Gasteiger partial charge in [0.15, 0.2) is 5.16 Å². The molecule has 0 bridgehead atoms. The molecule has 0 radical (unpaired) electrons. The molecule has 1 aliphatic carbocycles. The van der Waals surface area contributed by atoms with E-state index in [1.165, 1.54) is 37.4 Å². The van der Waals surface area contributed by atoms with Crippen molar-refractivity contribution in [1.29, 1.82) is 0 Å². The van der Waals surface area contributed by atoms with Gasteiger partial charge in [-0.3, -0.25) is 0 Å². The van der Waals surface area contributed by atoms with Gasteiger partial charge in [0.25, 0.3) is 0 Å². The van der Waals surface area contributed by atoms with E-state index in [2.05, 4.69) is 22.2 Å². The van der Waals surface area contributed by atoms with Crippen molar-refractivity contribution in [1.82, 2.24) is 9.97 Å². The van der Waals surface area contributed by atoms with Crippen LogP contribution in [0.3, 0.4) is 0 Å². The summed E-state index contributed by atoms with van der Waals surface area (Å²) in [5.74, 6) is 2.52. The molecule has 2 rings (SSSR count). The molecule has 0 saturated heterocycles. The van der Waals surface area contributed by atoms with Gasteiger partial charge in [-0.25, -0.2) is 9.97 Å². The van der Waals surface area contributed by atoms with Crippen molar-refractivity contribution in [2.45, 2.75) is 37.8 Å². The van der Waals surface area contributed by atoms with Crippen molar-refractivity contribution in [3.8, 4) is 0 Å². The van der Waals surface area contributed by atoms with Crippen LogP contribution >= 0.6 is 23.4 Å². The van der Waals surface area contributed by atoms with Gasteiger partial charge >= 0.3 is 0 Å². The van der Waals surface area contributed by atoms with Gasteiger partial charge in [0.1, 0.15) is 11.0 Å². The lowest BCUT2D eigenvalue weighted by atomic mass is 9.83. The fourth-order valence-electron chi connectivity index (χ4n) is 2.36. The standard InChI is InChI=1S/C13H20ClN3S/c1-9-3-5-10(6-4-9)8-15-12-7-11(14)16-13(17-12)18-2/h7,9-10H,3-6,8H2,1-2H3,(H,15,16,17). The monoisotopic (exact) mass is 285 g/mol. The van der Waals surface area contributed by atoms with Crippen molar-refractivity contribution >= 4 is 29.2 Å². The molecule has 100 valence electrons. The quantitative estimate of drug-likeness (QED) is 0.514. The summed E-state index contributed by atoms with van der Waals surface area (Å²) >= 11 is 7.48. The molecule has 1 N–H and O–H groups in total. The fraction of sp³-hybridized carbons (Fsp3) is 0.692. The topological polar surface area (TPSA) is 37.8 Å². The summed E-state index contributed by atoms with van der Waals surface area (Å²) in [5.41, 5.74) is 0. The summed E-state index contributed by atoms with van der Waals surface area (Å²) in [7, 11) is 0. The Morgan fingerprint density at radius 1 is 1.33 bits per heavy atom. The van der Waals surface area contributed by atoms with Crippen molar-refractivity contribution in [3.63, 3.8) is 0 Å². The lowest BCUT2D eigenvalue weighted by molar-refractivity contribution is 0.300. The molecular formula is C13H20ClN3S. The molecule has 0 spiro atoms. The highest BCUT2D eigenvalue weighted by Crippen LogP contribution is 2.28. The van der Waals surface area contributed by atoms with E-state index in [0.717, 1.165) is 29.4 Å². The van der Waals surface area contributed by atoms with Gasteiger partial charge < -0.3 is 5.32 Å². The predicted octanol–water partition coefficient (Wildman–Crippen LogP) is 4.09. The fourth-order valence-corrected chi connectivity index (χ4v) is 2.97. The van der Waals surface area contributed by atoms with Gasteiger partial charge in [-0.2, -0.15) is 0 Å². The summed E-state index contributed by atoms with van der Waals surface area (Å²) in [5, 5.41) is 4.63. The van der Waals surface area contributed by atoms with Crippen LogP contribution in [0.1, 0.15) is 32.6 Å². The van der Waals surface area contributed by atoms with Gasteiger partial charge in [-0.15, -0.1) is 0 Å². The van der Waals surface area contributed by atoms with Crippen molar-refractivity contribution in [2.75, 3.05) is 18.1 Å². The molecule has 18 heavy (non-hydrogen) atoms. The first-order valence-corrected chi connectivity index (χ1v) is 8.10. The molecule has 0 amide bonds. The number of hydrogen-bond acceptors (Lipinski definition) is 4. The summed E-state index contributed by atoms with van der Waals surface area (Å²) in [6.07, 6.45) is 7.31.